The zero-order valence-electron chi connectivity index (χ0n) is 26.1. The van der Waals surface area contributed by atoms with Gasteiger partial charge in [0.25, 0.3) is 5.79 Å². The van der Waals surface area contributed by atoms with Crippen LogP contribution in [0.15, 0.2) is 12.7 Å². The smallest absolute Gasteiger partial charge is 0.364 e. The minimum Gasteiger partial charge on any atom is -0.477 e. The Morgan fingerprint density at radius 2 is 1.60 bits per heavy atom. The Balaban J connectivity index is 1.88. The summed E-state index contributed by atoms with van der Waals surface area (Å²) >= 11 is 0. The molecule has 0 aliphatic carbocycles. The third kappa shape index (κ3) is 9.03. The van der Waals surface area contributed by atoms with Gasteiger partial charge in [0, 0.05) is 13.3 Å². The summed E-state index contributed by atoms with van der Waals surface area (Å²) in [6.07, 6.45) is -23.9. The van der Waals surface area contributed by atoms with Gasteiger partial charge in [0.15, 0.2) is 12.6 Å². The zero-order chi connectivity index (χ0) is 35.9. The molecule has 0 bridgehead atoms. The molecule has 1 amide bonds. The Morgan fingerprint density at radius 1 is 0.958 bits per heavy atom. The van der Waals surface area contributed by atoms with Gasteiger partial charge in [-0.05, 0) is 12.8 Å². The molecule has 3 saturated heterocycles. The Labute approximate surface area is 274 Å². The number of aliphatic carboxylic acids is 1. The first kappa shape index (κ1) is 40.5. The van der Waals surface area contributed by atoms with Gasteiger partial charge >= 0.3 is 5.97 Å². The Hall–Kier alpha value is -1.96. The van der Waals surface area contributed by atoms with Crippen LogP contribution in [0.4, 0.5) is 0 Å². The van der Waals surface area contributed by atoms with Crippen LogP contribution in [0.1, 0.15) is 26.2 Å². The van der Waals surface area contributed by atoms with E-state index in [4.69, 9.17) is 28.4 Å². The summed E-state index contributed by atoms with van der Waals surface area (Å²) in [5.74, 6) is -5.72. The van der Waals surface area contributed by atoms with Crippen molar-refractivity contribution in [1.82, 2.24) is 5.32 Å². The van der Waals surface area contributed by atoms with E-state index in [1.54, 1.807) is 6.08 Å². The first-order valence-corrected chi connectivity index (χ1v) is 15.3. The van der Waals surface area contributed by atoms with E-state index >= 15 is 0 Å². The third-order valence-electron chi connectivity index (χ3n) is 8.28. The second-order valence-electron chi connectivity index (χ2n) is 11.8. The van der Waals surface area contributed by atoms with Crippen LogP contribution in [0.2, 0.25) is 0 Å². The molecule has 3 fully saturated rings. The van der Waals surface area contributed by atoms with Gasteiger partial charge in [-0.25, -0.2) is 4.79 Å². The van der Waals surface area contributed by atoms with E-state index in [9.17, 15) is 65.8 Å². The summed E-state index contributed by atoms with van der Waals surface area (Å²) in [5, 5.41) is 117. The summed E-state index contributed by atoms with van der Waals surface area (Å²) in [6.45, 7) is 1.95. The highest BCUT2D eigenvalue weighted by molar-refractivity contribution is 5.76. The van der Waals surface area contributed by atoms with Crippen molar-refractivity contribution in [2.45, 2.75) is 124 Å². The number of aliphatic hydroxyl groups is 10. The normalized spacial score (nSPS) is 41.7. The highest BCUT2D eigenvalue weighted by Gasteiger charge is 2.60. The van der Waals surface area contributed by atoms with Gasteiger partial charge in [0.2, 0.25) is 5.91 Å². The summed E-state index contributed by atoms with van der Waals surface area (Å²) in [6, 6.07) is -1.54. The molecular formula is C28H47NO19. The first-order chi connectivity index (χ1) is 22.7. The Kier molecular flexibility index (Phi) is 15.0. The van der Waals surface area contributed by atoms with E-state index in [1.807, 2.05) is 0 Å². The number of ether oxygens (including phenoxy) is 6. The van der Waals surface area contributed by atoms with Crippen LogP contribution in [0.3, 0.4) is 0 Å². The maximum absolute atomic E-state index is 12.7. The lowest BCUT2D eigenvalue weighted by Crippen LogP contribution is -2.70. The lowest BCUT2D eigenvalue weighted by atomic mass is 9.88. The monoisotopic (exact) mass is 701 g/mol. The molecule has 3 rings (SSSR count). The summed E-state index contributed by atoms with van der Waals surface area (Å²) in [7, 11) is 0. The maximum atomic E-state index is 12.7. The molecule has 3 heterocycles. The summed E-state index contributed by atoms with van der Waals surface area (Å²) in [5.41, 5.74) is 0. The standard InChI is InChI=1S/C28H47NO19/c1-3-4-5-6-43-25-20(39)19(38)22(15(10-32)45-25)46-26-21(40)24(18(37)14(9-31)44-26)48-28(27(41)42)7-12(34)16(29-11(2)33)23(47-28)17(36)13(35)8-30/h3,12-26,30-32,34-40H,1,4-10H2,2H3,(H,29,33)(H,41,42)/t12-,13+,14+,15+,16+,17+,18-,19+,20+,21+,22+,23+,24-,25+,26+,28-/m0/s1. The number of aliphatic hydroxyl groups excluding tert-OH is 10. The lowest BCUT2D eigenvalue weighted by molar-refractivity contribution is -0.386. The van der Waals surface area contributed by atoms with Gasteiger partial charge in [-0.3, -0.25) is 4.79 Å². The Bertz CT molecular complexity index is 1050. The number of amides is 1. The summed E-state index contributed by atoms with van der Waals surface area (Å²) < 4.78 is 33.3. The van der Waals surface area contributed by atoms with E-state index < -0.39 is 136 Å². The topological polar surface area (TPSA) is 324 Å². The number of allylic oxidation sites excluding steroid dienone is 1. The number of nitrogens with one attached hydrogen (secondary N) is 1. The quantitative estimate of drug-likeness (QED) is 0.0526. The molecule has 0 aromatic carbocycles. The minimum absolute atomic E-state index is 0.105. The molecule has 0 spiro atoms. The fourth-order valence-corrected chi connectivity index (χ4v) is 5.71. The van der Waals surface area contributed by atoms with Crippen LogP contribution in [0.5, 0.6) is 0 Å². The number of hydrogen-bond acceptors (Lipinski definition) is 18. The van der Waals surface area contributed by atoms with Gasteiger partial charge < -0.3 is 89.9 Å². The number of carbonyl (C=O) groups excluding carboxylic acids is 1. The van der Waals surface area contributed by atoms with Crippen molar-refractivity contribution in [3.63, 3.8) is 0 Å². The molecule has 0 unspecified atom stereocenters. The molecule has 20 nitrogen and oxygen atoms in total. The van der Waals surface area contributed by atoms with E-state index in [0.29, 0.717) is 12.8 Å². The van der Waals surface area contributed by atoms with Gasteiger partial charge in [0.1, 0.15) is 67.1 Å². The predicted molar refractivity (Wildman–Crippen MR) is 153 cm³/mol. The highest BCUT2D eigenvalue weighted by atomic mass is 16.8. The van der Waals surface area contributed by atoms with Crippen molar-refractivity contribution in [1.29, 1.82) is 0 Å². The maximum Gasteiger partial charge on any atom is 0.364 e. The minimum atomic E-state index is -3.02. The molecule has 0 aromatic rings. The van der Waals surface area contributed by atoms with Crippen LogP contribution in [-0.4, -0.2) is 192 Å². The number of hydrogen-bond donors (Lipinski definition) is 12. The Morgan fingerprint density at radius 3 is 2.17 bits per heavy atom. The van der Waals surface area contributed by atoms with E-state index in [2.05, 4.69) is 11.9 Å². The van der Waals surface area contributed by atoms with Crippen LogP contribution in [-0.2, 0) is 38.0 Å². The number of unbranched alkanes of at least 4 members (excludes halogenated alkanes) is 1. The van der Waals surface area contributed by atoms with Gasteiger partial charge in [-0.2, -0.15) is 0 Å². The molecule has 48 heavy (non-hydrogen) atoms. The van der Waals surface area contributed by atoms with Crippen molar-refractivity contribution in [3.8, 4) is 0 Å². The van der Waals surface area contributed by atoms with Crippen molar-refractivity contribution in [3.05, 3.63) is 12.7 Å². The second-order valence-corrected chi connectivity index (χ2v) is 11.8. The van der Waals surface area contributed by atoms with Crippen LogP contribution in [0.25, 0.3) is 0 Å². The number of carboxylic acids is 1. The molecule has 0 aromatic heterocycles. The van der Waals surface area contributed by atoms with E-state index in [1.165, 1.54) is 0 Å². The average molecular weight is 702 g/mol. The average Bonchev–Trinajstić information content (AvgIpc) is 3.05. The van der Waals surface area contributed by atoms with Gasteiger partial charge in [0.05, 0.1) is 38.6 Å². The highest BCUT2D eigenvalue weighted by Crippen LogP contribution is 2.38. The number of rotatable bonds is 16. The molecule has 3 aliphatic heterocycles. The van der Waals surface area contributed by atoms with Gasteiger partial charge in [-0.15, -0.1) is 6.58 Å². The fraction of sp³-hybridized carbons (Fsp3) is 0.857. The molecule has 0 radical (unpaired) electrons. The zero-order valence-corrected chi connectivity index (χ0v) is 26.1. The van der Waals surface area contributed by atoms with Crippen LogP contribution < -0.4 is 5.32 Å². The molecule has 16 atom stereocenters. The third-order valence-corrected chi connectivity index (χ3v) is 8.28. The molecule has 3 aliphatic rings. The molecule has 12 N–H and O–H groups in total. The molecule has 20 heteroatoms. The number of carbonyl (C=O) groups is 2. The second kappa shape index (κ2) is 17.8. The fourth-order valence-electron chi connectivity index (χ4n) is 5.71. The van der Waals surface area contributed by atoms with Crippen LogP contribution in [0, 0.1) is 0 Å². The largest absolute Gasteiger partial charge is 0.477 e. The van der Waals surface area contributed by atoms with Crippen molar-refractivity contribution < 1.29 is 94.2 Å². The molecular weight excluding hydrogens is 654 g/mol. The predicted octanol–water partition coefficient (Wildman–Crippen LogP) is -6.23. The van der Waals surface area contributed by atoms with Crippen molar-refractivity contribution in [2.24, 2.45) is 0 Å². The van der Waals surface area contributed by atoms with Crippen molar-refractivity contribution >= 4 is 11.9 Å². The van der Waals surface area contributed by atoms with Gasteiger partial charge in [-0.1, -0.05) is 6.08 Å². The van der Waals surface area contributed by atoms with Crippen LogP contribution >= 0.6 is 0 Å². The first-order valence-electron chi connectivity index (χ1n) is 15.3. The SMILES string of the molecule is C=CCCCO[C@@H]1O[C@H](CO)[C@@H](O[C@H]2O[C@H](CO)[C@H](O)[C@H](O[C@]3(C(=O)O)C[C@H](O)[C@@H](NC(C)=O)[C@H]([C@H](O)[C@H](O)CO)O3)[C@H]2O)[C@H](O)[C@H]1O. The van der Waals surface area contributed by atoms with E-state index in [0.717, 1.165) is 6.92 Å². The molecule has 0 saturated carbocycles. The lowest BCUT2D eigenvalue weighted by Gasteiger charge is -2.50. The van der Waals surface area contributed by atoms with Crippen molar-refractivity contribution in [2.75, 3.05) is 26.4 Å². The molecule has 278 valence electrons. The number of carboxylic acid groups (broad SMARTS) is 1. The van der Waals surface area contributed by atoms with E-state index in [-0.39, 0.29) is 6.61 Å². The summed E-state index contributed by atoms with van der Waals surface area (Å²) in [4.78, 5) is 24.5.